The highest BCUT2D eigenvalue weighted by molar-refractivity contribution is 14.0. The first-order chi connectivity index (χ1) is 11.8. The number of nitrogens with one attached hydrogen (secondary N) is 2. The monoisotopic (exact) mass is 494 g/mol. The van der Waals surface area contributed by atoms with Crippen molar-refractivity contribution < 1.29 is 0 Å². The molecule has 2 aliphatic rings. The van der Waals surface area contributed by atoms with Crippen LogP contribution in [0.2, 0.25) is 0 Å². The molecule has 3 heterocycles. The molecule has 2 N–H and O–H groups in total. The van der Waals surface area contributed by atoms with Crippen molar-refractivity contribution >= 4 is 53.0 Å². The highest BCUT2D eigenvalue weighted by Gasteiger charge is 2.20. The molecule has 0 spiro atoms. The van der Waals surface area contributed by atoms with Gasteiger partial charge in [0.15, 0.2) is 5.96 Å². The predicted molar refractivity (Wildman–Crippen MR) is 123 cm³/mol. The largest absolute Gasteiger partial charge is 0.356 e. The van der Waals surface area contributed by atoms with Gasteiger partial charge >= 0.3 is 0 Å². The second-order valence-electron chi connectivity index (χ2n) is 6.77. The lowest BCUT2D eigenvalue weighted by molar-refractivity contribution is 0.179. The van der Waals surface area contributed by atoms with Gasteiger partial charge in [-0.05, 0) is 61.9 Å². The normalized spacial score (nSPS) is 22.6. The molecule has 1 aromatic heterocycles. The molecule has 7 heteroatoms. The molecule has 1 aromatic rings. The quantitative estimate of drug-likeness (QED) is 0.360. The van der Waals surface area contributed by atoms with Gasteiger partial charge in [0.25, 0.3) is 0 Å². The van der Waals surface area contributed by atoms with E-state index in [4.69, 9.17) is 0 Å². The maximum Gasteiger partial charge on any atom is 0.191 e. The van der Waals surface area contributed by atoms with Crippen LogP contribution in [0.4, 0.5) is 0 Å². The summed E-state index contributed by atoms with van der Waals surface area (Å²) in [5.41, 5.74) is 0. The highest BCUT2D eigenvalue weighted by Crippen LogP contribution is 2.25. The Balaban J connectivity index is 0.00000225. The van der Waals surface area contributed by atoms with Crippen molar-refractivity contribution in [2.45, 2.75) is 37.5 Å². The van der Waals surface area contributed by atoms with Gasteiger partial charge < -0.3 is 10.6 Å². The first-order valence-electron chi connectivity index (χ1n) is 9.14. The highest BCUT2D eigenvalue weighted by atomic mass is 127. The smallest absolute Gasteiger partial charge is 0.191 e. The van der Waals surface area contributed by atoms with Crippen LogP contribution in [0.5, 0.6) is 0 Å². The summed E-state index contributed by atoms with van der Waals surface area (Å²) in [6.45, 7) is 5.65. The van der Waals surface area contributed by atoms with Crippen LogP contribution in [-0.2, 0) is 6.54 Å². The van der Waals surface area contributed by atoms with E-state index in [1.54, 1.807) is 0 Å². The number of nitrogens with zero attached hydrogens (tertiary/aromatic N) is 2. The van der Waals surface area contributed by atoms with Gasteiger partial charge in [-0.25, -0.2) is 0 Å². The van der Waals surface area contributed by atoms with Gasteiger partial charge in [-0.3, -0.25) is 9.89 Å². The lowest BCUT2D eigenvalue weighted by Gasteiger charge is -2.32. The average Bonchev–Trinajstić information content (AvgIpc) is 3.30. The summed E-state index contributed by atoms with van der Waals surface area (Å²) in [5, 5.41) is 9.98. The zero-order chi connectivity index (χ0) is 16.6. The summed E-state index contributed by atoms with van der Waals surface area (Å²) in [5.74, 6) is 3.06. The van der Waals surface area contributed by atoms with Gasteiger partial charge in [0.1, 0.15) is 0 Å². The third-order valence-corrected chi connectivity index (χ3v) is 7.23. The number of aliphatic imine (C=N–C) groups is 1. The molecule has 2 aliphatic heterocycles. The van der Waals surface area contributed by atoms with Crippen molar-refractivity contribution in [2.24, 2.45) is 10.9 Å². The zero-order valence-corrected chi connectivity index (χ0v) is 19.0. The molecule has 0 amide bonds. The van der Waals surface area contributed by atoms with Gasteiger partial charge in [-0.2, -0.15) is 11.8 Å². The van der Waals surface area contributed by atoms with Crippen LogP contribution >= 0.6 is 47.1 Å². The van der Waals surface area contributed by atoms with E-state index in [1.807, 2.05) is 18.4 Å². The van der Waals surface area contributed by atoms with Crippen LogP contribution in [0.1, 0.15) is 30.6 Å². The molecule has 25 heavy (non-hydrogen) atoms. The summed E-state index contributed by atoms with van der Waals surface area (Å²) < 4.78 is 0. The molecule has 2 saturated heterocycles. The van der Waals surface area contributed by atoms with E-state index in [0.29, 0.717) is 0 Å². The van der Waals surface area contributed by atoms with E-state index in [1.165, 1.54) is 49.4 Å². The van der Waals surface area contributed by atoms with Crippen LogP contribution in [0.15, 0.2) is 22.5 Å². The number of guanidine groups is 1. The molecule has 1 atom stereocenters. The Hall–Kier alpha value is 0.01000. The van der Waals surface area contributed by atoms with Crippen molar-refractivity contribution in [1.29, 1.82) is 0 Å². The average molecular weight is 495 g/mol. The van der Waals surface area contributed by atoms with Gasteiger partial charge in [0.05, 0.1) is 0 Å². The molecule has 0 aliphatic carbocycles. The summed E-state index contributed by atoms with van der Waals surface area (Å²) in [6.07, 6.45) is 5.28. The van der Waals surface area contributed by atoms with Crippen LogP contribution in [0.25, 0.3) is 0 Å². The zero-order valence-electron chi connectivity index (χ0n) is 15.1. The molecule has 0 saturated carbocycles. The van der Waals surface area contributed by atoms with E-state index in [2.05, 4.69) is 49.8 Å². The summed E-state index contributed by atoms with van der Waals surface area (Å²) in [4.78, 5) is 8.45. The Bertz CT molecular complexity index is 495. The van der Waals surface area contributed by atoms with Crippen molar-refractivity contribution in [1.82, 2.24) is 15.5 Å². The minimum atomic E-state index is 0. The molecule has 0 radical (unpaired) electrons. The topological polar surface area (TPSA) is 39.7 Å². The number of thioether (sulfide) groups is 1. The second kappa shape index (κ2) is 11.7. The van der Waals surface area contributed by atoms with Crippen molar-refractivity contribution in [2.75, 3.05) is 39.0 Å². The summed E-state index contributed by atoms with van der Waals surface area (Å²) in [6, 6.07) is 4.40. The molecule has 4 nitrogen and oxygen atoms in total. The van der Waals surface area contributed by atoms with E-state index in [-0.39, 0.29) is 24.0 Å². The van der Waals surface area contributed by atoms with Crippen LogP contribution in [-0.4, -0.2) is 55.1 Å². The van der Waals surface area contributed by atoms with Crippen LogP contribution in [0.3, 0.4) is 0 Å². The second-order valence-corrected chi connectivity index (χ2v) is 9.21. The Labute approximate surface area is 177 Å². The summed E-state index contributed by atoms with van der Waals surface area (Å²) in [7, 11) is 1.88. The molecular weight excluding hydrogens is 463 g/mol. The number of rotatable bonds is 6. The minimum Gasteiger partial charge on any atom is -0.356 e. The van der Waals surface area contributed by atoms with Gasteiger partial charge in [-0.15, -0.1) is 35.3 Å². The lowest BCUT2D eigenvalue weighted by Crippen LogP contribution is -2.44. The third kappa shape index (κ3) is 7.27. The molecule has 2 fully saturated rings. The van der Waals surface area contributed by atoms with E-state index in [9.17, 15) is 0 Å². The fourth-order valence-electron chi connectivity index (χ4n) is 3.45. The standard InChI is InChI=1S/C18H30N4S2.HI/c1-19-18(21-13-16-4-2-10-23-16)20-12-15-6-8-22(9-7-15)14-17-5-3-11-24-17;/h3,5,11,15-16H,2,4,6-10,12-14H2,1H3,(H2,19,20,21);1H. The molecule has 3 rings (SSSR count). The van der Waals surface area contributed by atoms with Crippen molar-refractivity contribution in [3.05, 3.63) is 22.4 Å². The molecular formula is C18H31IN4S2. The van der Waals surface area contributed by atoms with Crippen molar-refractivity contribution in [3.8, 4) is 0 Å². The summed E-state index contributed by atoms with van der Waals surface area (Å²) >= 11 is 3.96. The first-order valence-corrected chi connectivity index (χ1v) is 11.1. The maximum absolute atomic E-state index is 4.37. The number of hydrogen-bond acceptors (Lipinski definition) is 4. The fraction of sp³-hybridized carbons (Fsp3) is 0.722. The van der Waals surface area contributed by atoms with Crippen molar-refractivity contribution in [3.63, 3.8) is 0 Å². The maximum atomic E-state index is 4.37. The van der Waals surface area contributed by atoms with E-state index in [0.717, 1.165) is 36.8 Å². The van der Waals surface area contributed by atoms with Crippen LogP contribution < -0.4 is 10.6 Å². The molecule has 0 aromatic carbocycles. The number of likely N-dealkylation sites (tertiary alicyclic amines) is 1. The number of hydrogen-bond donors (Lipinski definition) is 2. The molecule has 1 unspecified atom stereocenters. The number of piperidine rings is 1. The number of thiophene rings is 1. The molecule has 142 valence electrons. The number of halogens is 1. The van der Waals surface area contributed by atoms with Gasteiger partial charge in [-0.1, -0.05) is 6.07 Å². The van der Waals surface area contributed by atoms with E-state index < -0.39 is 0 Å². The first kappa shape index (κ1) is 21.3. The predicted octanol–water partition coefficient (Wildman–Crippen LogP) is 3.64. The minimum absolute atomic E-state index is 0. The van der Waals surface area contributed by atoms with Gasteiger partial charge in [0, 0.05) is 36.8 Å². The lowest BCUT2D eigenvalue weighted by atomic mass is 9.97. The van der Waals surface area contributed by atoms with E-state index >= 15 is 0 Å². The molecule has 0 bridgehead atoms. The Kier molecular flexibility index (Phi) is 9.95. The fourth-order valence-corrected chi connectivity index (χ4v) is 5.40. The Morgan fingerprint density at radius 3 is 2.68 bits per heavy atom. The third-order valence-electron chi connectivity index (χ3n) is 4.97. The van der Waals surface area contributed by atoms with Gasteiger partial charge in [0.2, 0.25) is 0 Å². The Morgan fingerprint density at radius 2 is 2.04 bits per heavy atom. The SMILES string of the molecule is CN=C(NCC1CCN(Cc2cccs2)CC1)NCC1CCCS1.I. The Morgan fingerprint density at radius 1 is 1.24 bits per heavy atom. The van der Waals surface area contributed by atoms with Crippen LogP contribution in [0, 0.1) is 5.92 Å².